The van der Waals surface area contributed by atoms with Crippen LogP contribution in [0.4, 0.5) is 0 Å². The predicted octanol–water partition coefficient (Wildman–Crippen LogP) is 3.54. The molecule has 72 valence electrons. The molecule has 1 N–H and O–H groups in total. The molecule has 0 aliphatic carbocycles. The van der Waals surface area contributed by atoms with Gasteiger partial charge in [-0.3, -0.25) is 0 Å². The van der Waals surface area contributed by atoms with E-state index in [1.165, 1.54) is 12.0 Å². The first-order chi connectivity index (χ1) is 6.09. The lowest BCUT2D eigenvalue weighted by Gasteiger charge is -2.14. The van der Waals surface area contributed by atoms with E-state index in [2.05, 4.69) is 20.8 Å². The van der Waals surface area contributed by atoms with Crippen LogP contribution in [-0.4, -0.2) is 5.11 Å². The number of aromatic hydroxyl groups is 1. The Morgan fingerprint density at radius 2 is 1.62 bits per heavy atom. The lowest BCUT2D eigenvalue weighted by atomic mass is 9.92. The summed E-state index contributed by atoms with van der Waals surface area (Å²) in [6, 6.07) is 7.52. The Balaban J connectivity index is 2.66. The summed E-state index contributed by atoms with van der Waals surface area (Å²) in [6.07, 6.45) is 1.20. The van der Waals surface area contributed by atoms with Crippen molar-refractivity contribution in [3.63, 3.8) is 0 Å². The summed E-state index contributed by atoms with van der Waals surface area (Å²) < 4.78 is 0. The molecular weight excluding hydrogens is 160 g/mol. The summed E-state index contributed by atoms with van der Waals surface area (Å²) in [5.74, 6) is 1.66. The topological polar surface area (TPSA) is 20.2 Å². The van der Waals surface area contributed by atoms with E-state index in [0.29, 0.717) is 11.7 Å². The van der Waals surface area contributed by atoms with Gasteiger partial charge in [0.15, 0.2) is 0 Å². The minimum atomic E-state index is 0.348. The molecule has 1 aromatic carbocycles. The van der Waals surface area contributed by atoms with Crippen molar-refractivity contribution in [3.8, 4) is 5.75 Å². The van der Waals surface area contributed by atoms with Crippen LogP contribution in [0.15, 0.2) is 24.3 Å². The quantitative estimate of drug-likeness (QED) is 0.750. The molecule has 1 aromatic rings. The number of hydrogen-bond acceptors (Lipinski definition) is 1. The van der Waals surface area contributed by atoms with Crippen LogP contribution in [0.2, 0.25) is 0 Å². The SMILES string of the molecule is CC(C)CC(C)c1ccc(O)cc1. The van der Waals surface area contributed by atoms with Gasteiger partial charge < -0.3 is 5.11 Å². The molecule has 1 nitrogen and oxygen atoms in total. The van der Waals surface area contributed by atoms with Crippen molar-refractivity contribution in [3.05, 3.63) is 29.8 Å². The zero-order valence-corrected chi connectivity index (χ0v) is 8.62. The van der Waals surface area contributed by atoms with Crippen LogP contribution in [-0.2, 0) is 0 Å². The first-order valence-electron chi connectivity index (χ1n) is 4.88. The molecule has 0 saturated heterocycles. The molecule has 1 atom stereocenters. The number of rotatable bonds is 3. The molecule has 0 saturated carbocycles. The summed E-state index contributed by atoms with van der Waals surface area (Å²) in [5, 5.41) is 9.12. The number of phenols is 1. The Bertz CT molecular complexity index is 248. The van der Waals surface area contributed by atoms with Crippen molar-refractivity contribution in [2.45, 2.75) is 33.1 Å². The molecule has 1 unspecified atom stereocenters. The molecule has 0 fully saturated rings. The van der Waals surface area contributed by atoms with Gasteiger partial charge in [0.1, 0.15) is 5.75 Å². The van der Waals surface area contributed by atoms with Crippen molar-refractivity contribution >= 4 is 0 Å². The first-order valence-corrected chi connectivity index (χ1v) is 4.88. The molecule has 0 bridgehead atoms. The van der Waals surface area contributed by atoms with Gasteiger partial charge in [-0.1, -0.05) is 32.9 Å². The van der Waals surface area contributed by atoms with Gasteiger partial charge in [0.25, 0.3) is 0 Å². The van der Waals surface area contributed by atoms with E-state index >= 15 is 0 Å². The highest BCUT2D eigenvalue weighted by Gasteiger charge is 2.07. The summed E-state index contributed by atoms with van der Waals surface area (Å²) in [6.45, 7) is 6.69. The molecule has 0 aromatic heterocycles. The van der Waals surface area contributed by atoms with Crippen LogP contribution < -0.4 is 0 Å². The zero-order valence-electron chi connectivity index (χ0n) is 8.62. The number of hydrogen-bond donors (Lipinski definition) is 1. The fraction of sp³-hybridized carbons (Fsp3) is 0.500. The van der Waals surface area contributed by atoms with Crippen LogP contribution >= 0.6 is 0 Å². The highest BCUT2D eigenvalue weighted by atomic mass is 16.3. The molecule has 0 aliphatic rings. The number of phenolic OH excluding ortho intramolecular Hbond substituents is 1. The fourth-order valence-electron chi connectivity index (χ4n) is 1.65. The molecule has 0 aliphatic heterocycles. The van der Waals surface area contributed by atoms with Gasteiger partial charge in [-0.2, -0.15) is 0 Å². The standard InChI is InChI=1S/C12H18O/c1-9(2)8-10(3)11-4-6-12(13)7-5-11/h4-7,9-10,13H,8H2,1-3H3. The van der Waals surface area contributed by atoms with Gasteiger partial charge >= 0.3 is 0 Å². The van der Waals surface area contributed by atoms with Gasteiger partial charge in [-0.05, 0) is 36.0 Å². The third kappa shape index (κ3) is 3.10. The molecule has 1 heteroatoms. The molecule has 13 heavy (non-hydrogen) atoms. The maximum atomic E-state index is 9.12. The van der Waals surface area contributed by atoms with Crippen LogP contribution in [0.5, 0.6) is 5.75 Å². The Labute approximate surface area is 80.4 Å². The van der Waals surface area contributed by atoms with E-state index in [1.807, 2.05) is 12.1 Å². The van der Waals surface area contributed by atoms with Crippen LogP contribution in [0, 0.1) is 5.92 Å². The Morgan fingerprint density at radius 1 is 1.08 bits per heavy atom. The summed E-state index contributed by atoms with van der Waals surface area (Å²) in [7, 11) is 0. The monoisotopic (exact) mass is 178 g/mol. The van der Waals surface area contributed by atoms with E-state index in [-0.39, 0.29) is 0 Å². The first kappa shape index (κ1) is 10.1. The average molecular weight is 178 g/mol. The van der Waals surface area contributed by atoms with Crippen molar-refractivity contribution in [1.82, 2.24) is 0 Å². The van der Waals surface area contributed by atoms with Crippen LogP contribution in [0.3, 0.4) is 0 Å². The predicted molar refractivity (Wildman–Crippen MR) is 56.0 cm³/mol. The lowest BCUT2D eigenvalue weighted by Crippen LogP contribution is -1.98. The lowest BCUT2D eigenvalue weighted by molar-refractivity contribution is 0.474. The third-order valence-electron chi connectivity index (χ3n) is 2.29. The van der Waals surface area contributed by atoms with E-state index in [4.69, 9.17) is 5.11 Å². The molecule has 0 amide bonds. The molecule has 0 heterocycles. The molecular formula is C12H18O. The Kier molecular flexibility index (Phi) is 3.35. The maximum Gasteiger partial charge on any atom is 0.115 e. The van der Waals surface area contributed by atoms with Gasteiger partial charge in [-0.15, -0.1) is 0 Å². The smallest absolute Gasteiger partial charge is 0.115 e. The number of benzene rings is 1. The second-order valence-corrected chi connectivity index (χ2v) is 4.12. The summed E-state index contributed by atoms with van der Waals surface area (Å²) in [4.78, 5) is 0. The highest BCUT2D eigenvalue weighted by molar-refractivity contribution is 5.27. The minimum Gasteiger partial charge on any atom is -0.508 e. The van der Waals surface area contributed by atoms with Crippen LogP contribution in [0.1, 0.15) is 38.7 Å². The molecule has 0 spiro atoms. The normalized spacial score (nSPS) is 13.2. The minimum absolute atomic E-state index is 0.348. The Hall–Kier alpha value is -0.980. The van der Waals surface area contributed by atoms with Crippen molar-refractivity contribution < 1.29 is 5.11 Å². The van der Waals surface area contributed by atoms with Gasteiger partial charge in [-0.25, -0.2) is 0 Å². The van der Waals surface area contributed by atoms with E-state index < -0.39 is 0 Å². The Morgan fingerprint density at radius 3 is 2.08 bits per heavy atom. The van der Waals surface area contributed by atoms with E-state index in [9.17, 15) is 0 Å². The summed E-state index contributed by atoms with van der Waals surface area (Å²) >= 11 is 0. The van der Waals surface area contributed by atoms with Gasteiger partial charge in [0, 0.05) is 0 Å². The van der Waals surface area contributed by atoms with Gasteiger partial charge in [0.05, 0.1) is 0 Å². The molecule has 0 radical (unpaired) electrons. The third-order valence-corrected chi connectivity index (χ3v) is 2.29. The van der Waals surface area contributed by atoms with Crippen molar-refractivity contribution in [2.24, 2.45) is 5.92 Å². The second-order valence-electron chi connectivity index (χ2n) is 4.12. The van der Waals surface area contributed by atoms with E-state index in [0.717, 1.165) is 5.92 Å². The second kappa shape index (κ2) is 4.31. The maximum absolute atomic E-state index is 9.12. The van der Waals surface area contributed by atoms with Crippen molar-refractivity contribution in [2.75, 3.05) is 0 Å². The van der Waals surface area contributed by atoms with Crippen molar-refractivity contribution in [1.29, 1.82) is 0 Å². The zero-order chi connectivity index (χ0) is 9.84. The summed E-state index contributed by atoms with van der Waals surface area (Å²) in [5.41, 5.74) is 1.31. The largest absolute Gasteiger partial charge is 0.508 e. The fourth-order valence-corrected chi connectivity index (χ4v) is 1.65. The van der Waals surface area contributed by atoms with Crippen LogP contribution in [0.25, 0.3) is 0 Å². The highest BCUT2D eigenvalue weighted by Crippen LogP contribution is 2.24. The average Bonchev–Trinajstić information content (AvgIpc) is 2.04. The molecule has 1 rings (SSSR count). The van der Waals surface area contributed by atoms with Gasteiger partial charge in [0.2, 0.25) is 0 Å². The van der Waals surface area contributed by atoms with E-state index in [1.54, 1.807) is 12.1 Å².